The van der Waals surface area contributed by atoms with E-state index in [0.29, 0.717) is 18.4 Å². The van der Waals surface area contributed by atoms with Crippen LogP contribution in [0, 0.1) is 11.8 Å². The zero-order valence-electron chi connectivity index (χ0n) is 27.1. The van der Waals surface area contributed by atoms with Crippen LogP contribution in [-0.4, -0.2) is 77.1 Å². The third-order valence-electron chi connectivity index (χ3n) is 7.84. The first kappa shape index (κ1) is 37.3. The maximum absolute atomic E-state index is 13.8. The molecule has 5 N–H and O–H groups in total. The molecule has 254 valence electrons. The SMILES string of the molecule is CCCCS(=O)(=O)CC(NC(=O)c1ccccn1)C(=O)N[C@@H](Cc1ccccc1)[C@@H](O)[C@H](O)[C@H](C(=O)NCc1ccccc1)C(C)C. The van der Waals surface area contributed by atoms with E-state index in [4.69, 9.17) is 0 Å². The van der Waals surface area contributed by atoms with Crippen LogP contribution in [0.1, 0.15) is 55.2 Å². The molecule has 2 aromatic carbocycles. The average Bonchev–Trinajstić information content (AvgIpc) is 3.06. The third kappa shape index (κ3) is 11.9. The lowest BCUT2D eigenvalue weighted by Crippen LogP contribution is -2.59. The number of hydrogen-bond donors (Lipinski definition) is 5. The number of amides is 3. The molecule has 3 rings (SSSR count). The van der Waals surface area contributed by atoms with Crippen LogP contribution in [0.3, 0.4) is 0 Å². The van der Waals surface area contributed by atoms with E-state index in [-0.39, 0.29) is 24.4 Å². The summed E-state index contributed by atoms with van der Waals surface area (Å²) in [6.45, 7) is 5.56. The monoisotopic (exact) mass is 666 g/mol. The van der Waals surface area contributed by atoms with Gasteiger partial charge in [-0.05, 0) is 42.0 Å². The van der Waals surface area contributed by atoms with E-state index in [2.05, 4.69) is 20.9 Å². The van der Waals surface area contributed by atoms with Gasteiger partial charge in [-0.2, -0.15) is 0 Å². The molecular weight excluding hydrogens is 620 g/mol. The lowest BCUT2D eigenvalue weighted by molar-refractivity contribution is -0.136. The molecule has 1 aromatic heterocycles. The van der Waals surface area contributed by atoms with Crippen molar-refractivity contribution in [1.29, 1.82) is 0 Å². The van der Waals surface area contributed by atoms with E-state index in [1.54, 1.807) is 56.3 Å². The van der Waals surface area contributed by atoms with Gasteiger partial charge in [-0.25, -0.2) is 8.42 Å². The normalized spacial score (nSPS) is 14.8. The summed E-state index contributed by atoms with van der Waals surface area (Å²) in [4.78, 5) is 44.1. The van der Waals surface area contributed by atoms with Crippen molar-refractivity contribution in [3.05, 3.63) is 102 Å². The van der Waals surface area contributed by atoms with Crippen molar-refractivity contribution in [2.75, 3.05) is 11.5 Å². The van der Waals surface area contributed by atoms with Gasteiger partial charge >= 0.3 is 0 Å². The zero-order chi connectivity index (χ0) is 34.4. The van der Waals surface area contributed by atoms with Gasteiger partial charge < -0.3 is 26.2 Å². The first-order chi connectivity index (χ1) is 22.4. The highest BCUT2D eigenvalue weighted by Crippen LogP contribution is 2.22. The topological polar surface area (TPSA) is 175 Å². The maximum Gasteiger partial charge on any atom is 0.270 e. The standard InChI is InChI=1S/C35H46N4O7S/c1-4-5-20-47(45,46)23-29(39-33(42)27-18-12-13-19-36-27)34(43)38-28(21-25-14-8-6-9-15-25)31(40)32(41)30(24(2)3)35(44)37-22-26-16-10-7-11-17-26/h6-19,24,28-32,40-41H,4-5,20-23H2,1-3H3,(H,37,44)(H,38,43)(H,39,42)/t28-,29?,30+,31+,32+/m0/s1. The molecule has 0 saturated carbocycles. The predicted molar refractivity (Wildman–Crippen MR) is 180 cm³/mol. The van der Waals surface area contributed by atoms with Gasteiger partial charge in [0.1, 0.15) is 17.8 Å². The highest BCUT2D eigenvalue weighted by molar-refractivity contribution is 7.91. The highest BCUT2D eigenvalue weighted by atomic mass is 32.2. The molecule has 47 heavy (non-hydrogen) atoms. The van der Waals surface area contributed by atoms with Crippen LogP contribution in [0.2, 0.25) is 0 Å². The number of nitrogens with zero attached hydrogens (tertiary/aromatic N) is 1. The van der Waals surface area contributed by atoms with E-state index in [9.17, 15) is 33.0 Å². The second kappa shape index (κ2) is 18.3. The van der Waals surface area contributed by atoms with Gasteiger partial charge in [0.05, 0.1) is 29.6 Å². The quantitative estimate of drug-likeness (QED) is 0.138. The molecule has 11 nitrogen and oxygen atoms in total. The van der Waals surface area contributed by atoms with Crippen molar-refractivity contribution in [2.24, 2.45) is 11.8 Å². The van der Waals surface area contributed by atoms with Crippen LogP contribution in [0.4, 0.5) is 0 Å². The number of aromatic nitrogens is 1. The highest BCUT2D eigenvalue weighted by Gasteiger charge is 2.39. The Kier molecular flexibility index (Phi) is 14.5. The largest absolute Gasteiger partial charge is 0.390 e. The number of nitrogens with one attached hydrogen (secondary N) is 3. The number of aliphatic hydroxyl groups is 2. The number of carbonyl (C=O) groups excluding carboxylic acids is 3. The number of hydrogen-bond acceptors (Lipinski definition) is 8. The summed E-state index contributed by atoms with van der Waals surface area (Å²) in [5, 5.41) is 31.0. The lowest BCUT2D eigenvalue weighted by Gasteiger charge is -2.34. The Balaban J connectivity index is 1.88. The molecule has 0 saturated heterocycles. The Hall–Kier alpha value is -4.13. The number of unbranched alkanes of at least 4 members (excludes halogenated alkanes) is 1. The van der Waals surface area contributed by atoms with Gasteiger partial charge in [0.2, 0.25) is 11.8 Å². The molecule has 0 radical (unpaired) electrons. The Morgan fingerprint density at radius 1 is 0.809 bits per heavy atom. The zero-order valence-corrected chi connectivity index (χ0v) is 27.9. The molecule has 12 heteroatoms. The summed E-state index contributed by atoms with van der Waals surface area (Å²) in [7, 11) is -3.77. The summed E-state index contributed by atoms with van der Waals surface area (Å²) in [5.41, 5.74) is 1.57. The van der Waals surface area contributed by atoms with Crippen LogP contribution in [0.15, 0.2) is 85.1 Å². The molecule has 5 atom stereocenters. The third-order valence-corrected chi connectivity index (χ3v) is 9.59. The molecule has 0 aliphatic carbocycles. The Morgan fingerprint density at radius 3 is 2.00 bits per heavy atom. The minimum Gasteiger partial charge on any atom is -0.390 e. The number of rotatable bonds is 18. The molecule has 1 heterocycles. The van der Waals surface area contributed by atoms with E-state index in [1.165, 1.54) is 12.3 Å². The molecule has 0 bridgehead atoms. The second-order valence-corrected chi connectivity index (χ2v) is 14.2. The molecule has 0 fully saturated rings. The molecule has 1 unspecified atom stereocenters. The molecular formula is C35H46N4O7S. The minimum absolute atomic E-state index is 0.00570. The van der Waals surface area contributed by atoms with Gasteiger partial charge in [-0.15, -0.1) is 0 Å². The van der Waals surface area contributed by atoms with Crippen molar-refractivity contribution in [1.82, 2.24) is 20.9 Å². The fourth-order valence-corrected chi connectivity index (χ4v) is 6.87. The number of sulfone groups is 1. The van der Waals surface area contributed by atoms with Crippen molar-refractivity contribution in [3.63, 3.8) is 0 Å². The molecule has 0 aliphatic rings. The minimum atomic E-state index is -3.77. The van der Waals surface area contributed by atoms with Crippen molar-refractivity contribution in [3.8, 4) is 0 Å². The Bertz CT molecular complexity index is 1520. The lowest BCUT2D eigenvalue weighted by atomic mass is 9.83. The molecule has 3 aromatic rings. The van der Waals surface area contributed by atoms with E-state index >= 15 is 0 Å². The van der Waals surface area contributed by atoms with Crippen molar-refractivity contribution in [2.45, 2.75) is 70.9 Å². The second-order valence-electron chi connectivity index (χ2n) is 12.0. The summed E-state index contributed by atoms with van der Waals surface area (Å²) in [6.07, 6.45) is -0.792. The first-order valence-corrected chi connectivity index (χ1v) is 17.7. The molecule has 0 aliphatic heterocycles. The predicted octanol–water partition coefficient (Wildman–Crippen LogP) is 2.43. The van der Waals surface area contributed by atoms with Gasteiger partial charge in [-0.3, -0.25) is 19.4 Å². The van der Waals surface area contributed by atoms with E-state index in [0.717, 1.165) is 5.56 Å². The van der Waals surface area contributed by atoms with E-state index < -0.39 is 69.4 Å². The summed E-state index contributed by atoms with van der Waals surface area (Å²) in [6, 6.07) is 20.1. The van der Waals surface area contributed by atoms with Crippen molar-refractivity contribution < 1.29 is 33.0 Å². The number of aliphatic hydroxyl groups excluding tert-OH is 2. The summed E-state index contributed by atoms with van der Waals surface area (Å²) < 4.78 is 25.9. The van der Waals surface area contributed by atoms with Crippen LogP contribution in [-0.2, 0) is 32.4 Å². The van der Waals surface area contributed by atoms with Crippen LogP contribution >= 0.6 is 0 Å². The molecule has 0 spiro atoms. The number of carbonyl (C=O) groups is 3. The smallest absolute Gasteiger partial charge is 0.270 e. The maximum atomic E-state index is 13.8. The van der Waals surface area contributed by atoms with Crippen LogP contribution in [0.25, 0.3) is 0 Å². The van der Waals surface area contributed by atoms with Crippen LogP contribution < -0.4 is 16.0 Å². The average molecular weight is 667 g/mol. The van der Waals surface area contributed by atoms with Gasteiger partial charge in [0.15, 0.2) is 9.84 Å². The van der Waals surface area contributed by atoms with E-state index in [1.807, 2.05) is 37.3 Å². The fraction of sp³-hybridized carbons (Fsp3) is 0.429. The number of benzene rings is 2. The van der Waals surface area contributed by atoms with Gasteiger partial charge in [0.25, 0.3) is 5.91 Å². The Labute approximate surface area is 277 Å². The fourth-order valence-electron chi connectivity index (χ4n) is 5.23. The van der Waals surface area contributed by atoms with Crippen molar-refractivity contribution >= 4 is 27.6 Å². The number of pyridine rings is 1. The summed E-state index contributed by atoms with van der Waals surface area (Å²) in [5.74, 6) is -4.36. The van der Waals surface area contributed by atoms with Crippen LogP contribution in [0.5, 0.6) is 0 Å². The van der Waals surface area contributed by atoms with Gasteiger partial charge in [0, 0.05) is 12.7 Å². The first-order valence-electron chi connectivity index (χ1n) is 15.9. The van der Waals surface area contributed by atoms with Gasteiger partial charge in [-0.1, -0.05) is 93.9 Å². The summed E-state index contributed by atoms with van der Waals surface area (Å²) >= 11 is 0. The Morgan fingerprint density at radius 2 is 1.43 bits per heavy atom. The molecule has 3 amide bonds.